The van der Waals surface area contributed by atoms with E-state index in [-0.39, 0.29) is 33.8 Å². The average molecular weight is 415 g/mol. The van der Waals surface area contributed by atoms with Crippen LogP contribution in [0.4, 0.5) is 0 Å². The van der Waals surface area contributed by atoms with Crippen molar-refractivity contribution in [3.63, 3.8) is 0 Å². The van der Waals surface area contributed by atoms with Crippen molar-refractivity contribution in [2.75, 3.05) is 0 Å². The molecule has 0 heterocycles. The molecular formula is C24H24Cl2O2. The quantitative estimate of drug-likeness (QED) is 0.515. The van der Waals surface area contributed by atoms with Gasteiger partial charge in [-0.1, -0.05) is 91.6 Å². The van der Waals surface area contributed by atoms with Crippen LogP contribution in [-0.2, 0) is 16.0 Å². The van der Waals surface area contributed by atoms with Crippen molar-refractivity contribution in [2.45, 2.75) is 38.7 Å². The minimum absolute atomic E-state index is 0.0294. The Morgan fingerprint density at radius 1 is 1.07 bits per heavy atom. The van der Waals surface area contributed by atoms with E-state index in [4.69, 9.17) is 27.9 Å². The van der Waals surface area contributed by atoms with Crippen molar-refractivity contribution in [1.82, 2.24) is 0 Å². The van der Waals surface area contributed by atoms with E-state index in [1.807, 2.05) is 12.1 Å². The Kier molecular flexibility index (Phi) is 5.28. The van der Waals surface area contributed by atoms with Crippen LogP contribution in [0.3, 0.4) is 0 Å². The Labute approximate surface area is 176 Å². The molecule has 4 heteroatoms. The molecule has 2 aliphatic rings. The van der Waals surface area contributed by atoms with Gasteiger partial charge in [-0.2, -0.15) is 0 Å². The molecule has 0 aromatic heterocycles. The smallest absolute Gasteiger partial charge is 0.310 e. The SMILES string of the molecule is CC1(C)[C@H](C=C(Cl)Cl)[C@H]1C(=O)O[C@H]1C[C@H](Cc2ccccc2)c2ccccc21. The van der Waals surface area contributed by atoms with Gasteiger partial charge in [-0.3, -0.25) is 4.79 Å². The molecule has 146 valence electrons. The molecule has 0 bridgehead atoms. The van der Waals surface area contributed by atoms with Crippen LogP contribution >= 0.6 is 23.2 Å². The van der Waals surface area contributed by atoms with Crippen LogP contribution < -0.4 is 0 Å². The second kappa shape index (κ2) is 7.57. The lowest BCUT2D eigenvalue weighted by molar-refractivity contribution is -0.152. The second-order valence-corrected chi connectivity index (χ2v) is 9.47. The van der Waals surface area contributed by atoms with Crippen LogP contribution in [0.15, 0.2) is 65.2 Å². The van der Waals surface area contributed by atoms with Gasteiger partial charge in [0.25, 0.3) is 0 Å². The van der Waals surface area contributed by atoms with Crippen LogP contribution in [0.5, 0.6) is 0 Å². The molecule has 0 unspecified atom stereocenters. The number of rotatable bonds is 5. The predicted molar refractivity (Wildman–Crippen MR) is 113 cm³/mol. The third-order valence-electron chi connectivity index (χ3n) is 6.33. The first-order chi connectivity index (χ1) is 13.4. The van der Waals surface area contributed by atoms with Gasteiger partial charge in [0.15, 0.2) is 0 Å². The molecule has 2 aromatic rings. The lowest BCUT2D eigenvalue weighted by atomic mass is 9.94. The summed E-state index contributed by atoms with van der Waals surface area (Å²) in [5.41, 5.74) is 3.56. The number of hydrogen-bond acceptors (Lipinski definition) is 2. The summed E-state index contributed by atoms with van der Waals surface area (Å²) < 4.78 is 6.23. The van der Waals surface area contributed by atoms with Crippen molar-refractivity contribution in [2.24, 2.45) is 17.3 Å². The Balaban J connectivity index is 1.50. The zero-order chi connectivity index (χ0) is 19.9. The Morgan fingerprint density at radius 3 is 2.39 bits per heavy atom. The van der Waals surface area contributed by atoms with E-state index in [0.29, 0.717) is 5.92 Å². The molecule has 0 radical (unpaired) electrons. The summed E-state index contributed by atoms with van der Waals surface area (Å²) in [6, 6.07) is 18.8. The maximum Gasteiger partial charge on any atom is 0.310 e. The molecule has 1 saturated carbocycles. The zero-order valence-corrected chi connectivity index (χ0v) is 17.6. The van der Waals surface area contributed by atoms with Crippen molar-refractivity contribution in [3.8, 4) is 0 Å². The highest BCUT2D eigenvalue weighted by Gasteiger charge is 2.62. The van der Waals surface area contributed by atoms with E-state index < -0.39 is 0 Å². The van der Waals surface area contributed by atoms with E-state index >= 15 is 0 Å². The number of allylic oxidation sites excluding steroid dienone is 1. The van der Waals surface area contributed by atoms with Gasteiger partial charge in [0.1, 0.15) is 10.6 Å². The van der Waals surface area contributed by atoms with Gasteiger partial charge >= 0.3 is 5.97 Å². The molecule has 0 spiro atoms. The standard InChI is InChI=1S/C24H24Cl2O2/c1-24(2)19(14-21(25)26)22(24)23(27)28-20-13-16(12-15-8-4-3-5-9-15)17-10-6-7-11-18(17)20/h3-11,14,16,19-20,22H,12-13H2,1-2H3/t16-,19+,20-,22-/m0/s1. The number of benzene rings is 2. The van der Waals surface area contributed by atoms with Crippen LogP contribution in [0.2, 0.25) is 0 Å². The maximum absolute atomic E-state index is 12.9. The van der Waals surface area contributed by atoms with Crippen LogP contribution in [0.1, 0.15) is 49.0 Å². The highest BCUT2D eigenvalue weighted by molar-refractivity contribution is 6.55. The van der Waals surface area contributed by atoms with Crippen LogP contribution in [-0.4, -0.2) is 5.97 Å². The lowest BCUT2D eigenvalue weighted by Gasteiger charge is -2.15. The number of carbonyl (C=O) groups excluding carboxylic acids is 1. The van der Waals surface area contributed by atoms with E-state index in [2.05, 4.69) is 56.3 Å². The topological polar surface area (TPSA) is 26.3 Å². The molecular weight excluding hydrogens is 391 g/mol. The summed E-state index contributed by atoms with van der Waals surface area (Å²) in [4.78, 5) is 12.9. The number of carbonyl (C=O) groups is 1. The lowest BCUT2D eigenvalue weighted by Crippen LogP contribution is -2.14. The highest BCUT2D eigenvalue weighted by atomic mass is 35.5. The molecule has 0 aliphatic heterocycles. The van der Waals surface area contributed by atoms with Crippen molar-refractivity contribution < 1.29 is 9.53 Å². The Bertz CT molecular complexity index is 900. The van der Waals surface area contributed by atoms with Gasteiger partial charge in [-0.05, 0) is 52.9 Å². The maximum atomic E-state index is 12.9. The fourth-order valence-electron chi connectivity index (χ4n) is 4.68. The molecule has 0 N–H and O–H groups in total. The van der Waals surface area contributed by atoms with Gasteiger partial charge < -0.3 is 4.74 Å². The van der Waals surface area contributed by atoms with Gasteiger partial charge in [0.05, 0.1) is 5.92 Å². The number of ether oxygens (including phenoxy) is 1. The summed E-state index contributed by atoms with van der Waals surface area (Å²) in [5, 5.41) is 0. The minimum atomic E-state index is -0.194. The second-order valence-electron chi connectivity index (χ2n) is 8.46. The van der Waals surface area contributed by atoms with Crippen molar-refractivity contribution in [1.29, 1.82) is 0 Å². The van der Waals surface area contributed by atoms with Gasteiger partial charge in [-0.25, -0.2) is 0 Å². The number of hydrogen-bond donors (Lipinski definition) is 0. The van der Waals surface area contributed by atoms with Crippen molar-refractivity contribution >= 4 is 29.2 Å². The molecule has 1 fully saturated rings. The first kappa shape index (κ1) is 19.5. The van der Waals surface area contributed by atoms with Crippen LogP contribution in [0, 0.1) is 17.3 Å². The van der Waals surface area contributed by atoms with Gasteiger partial charge in [0, 0.05) is 0 Å². The molecule has 0 amide bonds. The molecule has 28 heavy (non-hydrogen) atoms. The predicted octanol–water partition coefficient (Wildman–Crippen LogP) is 6.59. The van der Waals surface area contributed by atoms with E-state index in [9.17, 15) is 4.79 Å². The number of esters is 1. The third-order valence-corrected chi connectivity index (χ3v) is 6.59. The van der Waals surface area contributed by atoms with E-state index in [1.54, 1.807) is 6.08 Å². The van der Waals surface area contributed by atoms with Crippen LogP contribution in [0.25, 0.3) is 0 Å². The molecule has 2 nitrogen and oxygen atoms in total. The molecule has 4 rings (SSSR count). The first-order valence-electron chi connectivity index (χ1n) is 9.74. The third kappa shape index (κ3) is 3.73. The summed E-state index contributed by atoms with van der Waals surface area (Å²) in [6.07, 6.45) is 3.35. The van der Waals surface area contributed by atoms with Crippen molar-refractivity contribution in [3.05, 3.63) is 81.9 Å². The Morgan fingerprint density at radius 2 is 1.71 bits per heavy atom. The highest BCUT2D eigenvalue weighted by Crippen LogP contribution is 2.60. The first-order valence-corrected chi connectivity index (χ1v) is 10.5. The normalized spacial score (nSPS) is 27.0. The summed E-state index contributed by atoms with van der Waals surface area (Å²) >= 11 is 11.6. The number of fused-ring (bicyclic) bond motifs is 1. The monoisotopic (exact) mass is 414 g/mol. The zero-order valence-electron chi connectivity index (χ0n) is 16.1. The molecule has 2 aromatic carbocycles. The fourth-order valence-corrected chi connectivity index (χ4v) is 4.95. The minimum Gasteiger partial charge on any atom is -0.457 e. The largest absolute Gasteiger partial charge is 0.457 e. The molecule has 4 atom stereocenters. The van der Waals surface area contributed by atoms with Gasteiger partial charge in [-0.15, -0.1) is 0 Å². The summed E-state index contributed by atoms with van der Waals surface area (Å²) in [7, 11) is 0. The molecule has 0 saturated heterocycles. The van der Waals surface area contributed by atoms with E-state index in [0.717, 1.165) is 18.4 Å². The van der Waals surface area contributed by atoms with E-state index in [1.165, 1.54) is 11.1 Å². The fraction of sp³-hybridized carbons (Fsp3) is 0.375. The Hall–Kier alpha value is -1.77. The average Bonchev–Trinajstić information content (AvgIpc) is 3.02. The molecule has 2 aliphatic carbocycles. The number of halogens is 2. The van der Waals surface area contributed by atoms with Gasteiger partial charge in [0.2, 0.25) is 0 Å². The summed E-state index contributed by atoms with van der Waals surface area (Å²) in [6.45, 7) is 4.11. The summed E-state index contributed by atoms with van der Waals surface area (Å²) in [5.74, 6) is 0.0414.